The molecule has 1 aromatic heterocycles. The maximum Gasteiger partial charge on any atom is 0.290 e. The highest BCUT2D eigenvalue weighted by Crippen LogP contribution is 2.28. The van der Waals surface area contributed by atoms with Crippen LogP contribution in [0.3, 0.4) is 0 Å². The molecule has 172 valence electrons. The van der Waals surface area contributed by atoms with E-state index in [-0.39, 0.29) is 53.4 Å². The van der Waals surface area contributed by atoms with E-state index in [1.54, 1.807) is 11.9 Å². The van der Waals surface area contributed by atoms with Crippen molar-refractivity contribution in [3.8, 4) is 0 Å². The Hall–Kier alpha value is -2.56. The van der Waals surface area contributed by atoms with Gasteiger partial charge in [-0.15, -0.1) is 0 Å². The van der Waals surface area contributed by atoms with Crippen LogP contribution in [0.5, 0.6) is 0 Å². The van der Waals surface area contributed by atoms with Crippen LogP contribution in [0.2, 0.25) is 0 Å². The van der Waals surface area contributed by atoms with Gasteiger partial charge in [-0.2, -0.15) is 0 Å². The van der Waals surface area contributed by atoms with Crippen LogP contribution >= 0.6 is 0 Å². The van der Waals surface area contributed by atoms with Gasteiger partial charge in [0.05, 0.1) is 23.3 Å². The average Bonchev–Trinajstić information content (AvgIpc) is 2.74. The van der Waals surface area contributed by atoms with Crippen molar-refractivity contribution in [2.75, 3.05) is 18.6 Å². The number of nitrogens with zero attached hydrogens (tertiary/aromatic N) is 2. The van der Waals surface area contributed by atoms with Crippen molar-refractivity contribution in [3.63, 3.8) is 0 Å². The van der Waals surface area contributed by atoms with Gasteiger partial charge in [0.1, 0.15) is 15.7 Å². The molecular formula is C20H28FN3O6S. The zero-order valence-electron chi connectivity index (χ0n) is 17.4. The zero-order chi connectivity index (χ0) is 23.0. The van der Waals surface area contributed by atoms with Crippen LogP contribution in [0.1, 0.15) is 48.9 Å². The molecule has 1 saturated heterocycles. The molecule has 2 heterocycles. The molecule has 0 bridgehead atoms. The van der Waals surface area contributed by atoms with E-state index in [0.717, 1.165) is 12.3 Å². The predicted molar refractivity (Wildman–Crippen MR) is 111 cm³/mol. The summed E-state index contributed by atoms with van der Waals surface area (Å²) >= 11 is 0. The number of halogens is 1. The minimum atomic E-state index is -2.95. The maximum atomic E-state index is 13.2. The first-order chi connectivity index (χ1) is 14.7. The lowest BCUT2D eigenvalue weighted by atomic mass is 9.84. The van der Waals surface area contributed by atoms with E-state index in [1.165, 1.54) is 6.20 Å². The molecule has 1 saturated carbocycles. The first kappa shape index (κ1) is 24.7. The van der Waals surface area contributed by atoms with Crippen molar-refractivity contribution in [2.24, 2.45) is 5.92 Å². The smallest absolute Gasteiger partial charge is 0.290 e. The first-order valence-electron chi connectivity index (χ1n) is 10.1. The Balaban J connectivity index is 0.00000107. The summed E-state index contributed by atoms with van der Waals surface area (Å²) in [5.74, 6) is -0.676. The number of pyridine rings is 1. The van der Waals surface area contributed by atoms with Gasteiger partial charge in [0, 0.05) is 31.2 Å². The SMILES string of the molecule is CN(C(=O)C1CCC(NC(=O)c2cncc(F)c2)CC1)C1CCS(=O)(=O)CC1.O=CO. The molecule has 3 rings (SSSR count). The molecular weight excluding hydrogens is 429 g/mol. The number of hydrogen-bond donors (Lipinski definition) is 2. The Morgan fingerprint density at radius 3 is 2.29 bits per heavy atom. The molecule has 9 nitrogen and oxygen atoms in total. The van der Waals surface area contributed by atoms with Gasteiger partial charge in [-0.25, -0.2) is 12.8 Å². The van der Waals surface area contributed by atoms with Crippen LogP contribution in [0.15, 0.2) is 18.5 Å². The van der Waals surface area contributed by atoms with E-state index in [1.807, 2.05) is 0 Å². The largest absolute Gasteiger partial charge is 0.483 e. The topological polar surface area (TPSA) is 134 Å². The second kappa shape index (κ2) is 11.2. The van der Waals surface area contributed by atoms with Crippen LogP contribution in [0.4, 0.5) is 4.39 Å². The highest BCUT2D eigenvalue weighted by molar-refractivity contribution is 7.91. The van der Waals surface area contributed by atoms with E-state index in [9.17, 15) is 22.4 Å². The van der Waals surface area contributed by atoms with Gasteiger partial charge >= 0.3 is 0 Å². The number of sulfone groups is 1. The van der Waals surface area contributed by atoms with E-state index >= 15 is 0 Å². The molecule has 31 heavy (non-hydrogen) atoms. The van der Waals surface area contributed by atoms with Gasteiger partial charge in [0.15, 0.2) is 0 Å². The predicted octanol–water partition coefficient (Wildman–Crippen LogP) is 1.25. The Labute approximate surface area is 180 Å². The molecule has 0 atom stereocenters. The van der Waals surface area contributed by atoms with Crippen molar-refractivity contribution in [3.05, 3.63) is 29.8 Å². The summed E-state index contributed by atoms with van der Waals surface area (Å²) in [5, 5.41) is 9.78. The summed E-state index contributed by atoms with van der Waals surface area (Å²) in [6.07, 6.45) is 6.06. The summed E-state index contributed by atoms with van der Waals surface area (Å²) in [4.78, 5) is 38.8. The summed E-state index contributed by atoms with van der Waals surface area (Å²) in [7, 11) is -1.19. The van der Waals surface area contributed by atoms with Crippen LogP contribution in [-0.2, 0) is 19.4 Å². The van der Waals surface area contributed by atoms with E-state index in [4.69, 9.17) is 9.90 Å². The minimum absolute atomic E-state index is 0.0195. The number of carbonyl (C=O) groups excluding carboxylic acids is 2. The Morgan fingerprint density at radius 1 is 1.16 bits per heavy atom. The highest BCUT2D eigenvalue weighted by atomic mass is 32.2. The number of hydrogen-bond acceptors (Lipinski definition) is 6. The fourth-order valence-electron chi connectivity index (χ4n) is 4.02. The minimum Gasteiger partial charge on any atom is -0.483 e. The normalized spacial score (nSPS) is 23.0. The van der Waals surface area contributed by atoms with Gasteiger partial charge in [0.25, 0.3) is 12.4 Å². The lowest BCUT2D eigenvalue weighted by Crippen LogP contribution is -2.46. The standard InChI is InChI=1S/C19H26FN3O4S.CH2O2/c1-23(17-6-8-28(26,27)9-7-17)19(25)13-2-4-16(5-3-13)22-18(24)14-10-15(20)12-21-11-14;2-1-3/h10-13,16-17H,2-9H2,1H3,(H,22,24);1H,(H,2,3). The zero-order valence-corrected chi connectivity index (χ0v) is 18.2. The van der Waals surface area contributed by atoms with Crippen molar-refractivity contribution >= 4 is 28.1 Å². The Morgan fingerprint density at radius 2 is 1.74 bits per heavy atom. The van der Waals surface area contributed by atoms with Crippen LogP contribution in [-0.4, -0.2) is 72.3 Å². The van der Waals surface area contributed by atoms with Crippen molar-refractivity contribution in [2.45, 2.75) is 50.6 Å². The first-order valence-corrected chi connectivity index (χ1v) is 12.0. The number of carboxylic acid groups (broad SMARTS) is 1. The molecule has 2 N–H and O–H groups in total. The van der Waals surface area contributed by atoms with Gasteiger partial charge in [-0.3, -0.25) is 19.4 Å². The van der Waals surface area contributed by atoms with Crippen molar-refractivity contribution in [1.82, 2.24) is 15.2 Å². The van der Waals surface area contributed by atoms with Gasteiger partial charge in [-0.05, 0) is 44.6 Å². The molecule has 11 heteroatoms. The number of nitrogens with one attached hydrogen (secondary N) is 1. The van der Waals surface area contributed by atoms with Gasteiger partial charge < -0.3 is 15.3 Å². The average molecular weight is 458 g/mol. The summed E-state index contributed by atoms with van der Waals surface area (Å²) in [6.45, 7) is -0.250. The molecule has 0 radical (unpaired) electrons. The fourth-order valence-corrected chi connectivity index (χ4v) is 5.49. The molecule has 0 spiro atoms. The van der Waals surface area contributed by atoms with Crippen molar-refractivity contribution < 1.29 is 32.3 Å². The summed E-state index contributed by atoms with van der Waals surface area (Å²) in [6, 6.07) is 1.08. The monoisotopic (exact) mass is 457 g/mol. The quantitative estimate of drug-likeness (QED) is 0.650. The molecule has 0 aromatic carbocycles. The van der Waals surface area contributed by atoms with Crippen LogP contribution in [0.25, 0.3) is 0 Å². The fraction of sp³-hybridized carbons (Fsp3) is 0.600. The lowest BCUT2D eigenvalue weighted by Gasteiger charge is -2.36. The van der Waals surface area contributed by atoms with Gasteiger partial charge in [-0.1, -0.05) is 0 Å². The molecule has 1 aliphatic heterocycles. The van der Waals surface area contributed by atoms with Crippen LogP contribution in [0, 0.1) is 11.7 Å². The van der Waals surface area contributed by atoms with E-state index in [0.29, 0.717) is 38.5 Å². The third-order valence-electron chi connectivity index (χ3n) is 5.80. The molecule has 2 amide bonds. The summed E-state index contributed by atoms with van der Waals surface area (Å²) < 4.78 is 36.3. The molecule has 2 fully saturated rings. The van der Waals surface area contributed by atoms with Gasteiger partial charge in [0.2, 0.25) is 5.91 Å². The number of amides is 2. The second-order valence-electron chi connectivity index (χ2n) is 7.85. The lowest BCUT2D eigenvalue weighted by molar-refractivity contribution is -0.137. The Bertz CT molecular complexity index is 873. The second-order valence-corrected chi connectivity index (χ2v) is 10.2. The third kappa shape index (κ3) is 7.27. The molecule has 2 aliphatic rings. The van der Waals surface area contributed by atoms with E-state index in [2.05, 4.69) is 10.3 Å². The molecule has 1 aliphatic carbocycles. The maximum absolute atomic E-state index is 13.2. The Kier molecular flexibility index (Phi) is 8.90. The third-order valence-corrected chi connectivity index (χ3v) is 7.51. The number of aromatic nitrogens is 1. The van der Waals surface area contributed by atoms with Crippen molar-refractivity contribution in [1.29, 1.82) is 0 Å². The van der Waals surface area contributed by atoms with E-state index < -0.39 is 15.7 Å². The highest BCUT2D eigenvalue weighted by Gasteiger charge is 2.33. The molecule has 1 aromatic rings. The van der Waals surface area contributed by atoms with Crippen LogP contribution < -0.4 is 5.32 Å². The molecule has 0 unspecified atom stereocenters. The number of rotatable bonds is 4. The number of carbonyl (C=O) groups is 3. The summed E-state index contributed by atoms with van der Waals surface area (Å²) in [5.41, 5.74) is 0.185.